The Morgan fingerprint density at radius 1 is 0.549 bits per heavy atom. The SMILES string of the molecule is CCCOCCOC(=O)CCCCCCCC(=O)NCCCNC(=O)C1OC(OC2C(O)C(CO)OC(OC3C(C(=O)[O-])OC(OC4C(O)C(CO)OC(OC(C)(C)C)C4NC(C)=O)C(O)C3O)C2NC(C)=O)C(O)C(O)C1C(C)(C)C. The van der Waals surface area contributed by atoms with Gasteiger partial charge in [0.25, 0.3) is 0 Å². The lowest BCUT2D eigenvalue weighted by Crippen LogP contribution is -2.71. The van der Waals surface area contributed by atoms with Gasteiger partial charge in [-0.1, -0.05) is 47.0 Å². The zero-order valence-electron chi connectivity index (χ0n) is 48.4. The molecule has 0 aromatic carbocycles. The van der Waals surface area contributed by atoms with Crippen molar-refractivity contribution in [2.75, 3.05) is 46.1 Å². The molecule has 4 heterocycles. The highest BCUT2D eigenvalue weighted by Gasteiger charge is 2.58. The van der Waals surface area contributed by atoms with E-state index in [-0.39, 0.29) is 44.4 Å². The summed E-state index contributed by atoms with van der Waals surface area (Å²) in [7, 11) is 0. The average Bonchev–Trinajstić information content (AvgIpc) is 2.52. The van der Waals surface area contributed by atoms with Gasteiger partial charge in [0.05, 0.1) is 37.5 Å². The van der Waals surface area contributed by atoms with Crippen molar-refractivity contribution in [3.63, 3.8) is 0 Å². The zero-order chi connectivity index (χ0) is 61.2. The first-order valence-corrected chi connectivity index (χ1v) is 28.1. The van der Waals surface area contributed by atoms with Crippen LogP contribution in [0.1, 0.15) is 120 Å². The Kier molecular flexibility index (Phi) is 28.6. The number of amides is 4. The molecular formula is C53H91N4O25-. The van der Waals surface area contributed by atoms with Gasteiger partial charge in [-0.2, -0.15) is 0 Å². The molecule has 0 spiro atoms. The van der Waals surface area contributed by atoms with Crippen LogP contribution in [0.25, 0.3) is 0 Å². The zero-order valence-corrected chi connectivity index (χ0v) is 48.4. The summed E-state index contributed by atoms with van der Waals surface area (Å²) in [5.41, 5.74) is -1.86. The van der Waals surface area contributed by atoms with Crippen molar-refractivity contribution in [1.29, 1.82) is 0 Å². The number of esters is 1. The van der Waals surface area contributed by atoms with Crippen LogP contribution in [-0.4, -0.2) is 245 Å². The Labute approximate surface area is 477 Å². The molecule has 4 saturated heterocycles. The molecule has 0 saturated carbocycles. The number of ether oxygens (including phenoxy) is 10. The first-order valence-electron chi connectivity index (χ1n) is 28.1. The number of unbranched alkanes of at least 4 members (excludes halogenated alkanes) is 4. The molecule has 4 amide bonds. The molecule has 29 nitrogen and oxygen atoms in total. The van der Waals surface area contributed by atoms with E-state index in [2.05, 4.69) is 21.3 Å². The summed E-state index contributed by atoms with van der Waals surface area (Å²) in [5, 5.41) is 113. The van der Waals surface area contributed by atoms with Gasteiger partial charge in [0, 0.05) is 52.3 Å². The third-order valence-electron chi connectivity index (χ3n) is 14.0. The fraction of sp³-hybridized carbons (Fsp3) is 0.887. The number of hydrogen-bond acceptors (Lipinski definition) is 25. The van der Waals surface area contributed by atoms with Crippen LogP contribution in [0.15, 0.2) is 0 Å². The topological polar surface area (TPSA) is 428 Å². The third kappa shape index (κ3) is 20.7. The van der Waals surface area contributed by atoms with E-state index < -0.39 is 170 Å². The van der Waals surface area contributed by atoms with Crippen molar-refractivity contribution in [3.05, 3.63) is 0 Å². The van der Waals surface area contributed by atoms with E-state index in [9.17, 15) is 74.7 Å². The minimum Gasteiger partial charge on any atom is -0.547 e. The Balaban J connectivity index is 1.44. The number of carbonyl (C=O) groups excluding carboxylic acids is 6. The Bertz CT molecular complexity index is 2010. The average molecular weight is 1180 g/mol. The summed E-state index contributed by atoms with van der Waals surface area (Å²) in [6, 6.07) is -3.17. The molecule has 474 valence electrons. The number of hydrogen-bond donors (Lipinski definition) is 12. The Morgan fingerprint density at radius 3 is 1.57 bits per heavy atom. The van der Waals surface area contributed by atoms with Crippen molar-refractivity contribution in [2.45, 2.75) is 242 Å². The molecule has 0 bridgehead atoms. The minimum atomic E-state index is -2.39. The summed E-state index contributed by atoms with van der Waals surface area (Å²) < 4.78 is 57.6. The minimum absolute atomic E-state index is 0.0337. The highest BCUT2D eigenvalue weighted by molar-refractivity contribution is 5.81. The maximum absolute atomic E-state index is 14.0. The van der Waals surface area contributed by atoms with Gasteiger partial charge in [-0.15, -0.1) is 0 Å². The predicted octanol–water partition coefficient (Wildman–Crippen LogP) is -4.25. The third-order valence-corrected chi connectivity index (χ3v) is 14.0. The van der Waals surface area contributed by atoms with E-state index in [1.807, 2.05) is 6.92 Å². The van der Waals surface area contributed by atoms with Crippen molar-refractivity contribution < 1.29 is 122 Å². The molecule has 4 rings (SSSR count). The van der Waals surface area contributed by atoms with E-state index in [0.29, 0.717) is 32.5 Å². The first-order chi connectivity index (χ1) is 38.5. The lowest BCUT2D eigenvalue weighted by molar-refractivity contribution is -0.385. The van der Waals surface area contributed by atoms with Gasteiger partial charge in [-0.3, -0.25) is 24.0 Å². The summed E-state index contributed by atoms with van der Waals surface area (Å²) in [5.74, 6) is -5.86. The molecule has 0 aromatic rings. The quantitative estimate of drug-likeness (QED) is 0.0239. The Hall–Kier alpha value is -3.86. The normalized spacial score (nSPS) is 34.4. The number of aliphatic carboxylic acids is 1. The molecule has 0 aromatic heterocycles. The lowest BCUT2D eigenvalue weighted by atomic mass is 9.71. The van der Waals surface area contributed by atoms with Crippen LogP contribution in [0.4, 0.5) is 0 Å². The Morgan fingerprint density at radius 2 is 1.05 bits per heavy atom. The van der Waals surface area contributed by atoms with Gasteiger partial charge in [0.1, 0.15) is 91.9 Å². The van der Waals surface area contributed by atoms with Gasteiger partial charge in [0.2, 0.25) is 23.6 Å². The maximum Gasteiger partial charge on any atom is 0.305 e. The molecule has 29 heteroatoms. The largest absolute Gasteiger partial charge is 0.547 e. The molecule has 0 aliphatic carbocycles. The maximum atomic E-state index is 14.0. The second kappa shape index (κ2) is 33.2. The summed E-state index contributed by atoms with van der Waals surface area (Å²) in [6.45, 7) is 13.8. The van der Waals surface area contributed by atoms with Gasteiger partial charge in [0.15, 0.2) is 25.2 Å². The van der Waals surface area contributed by atoms with E-state index in [1.165, 1.54) is 0 Å². The van der Waals surface area contributed by atoms with Gasteiger partial charge >= 0.3 is 5.97 Å². The monoisotopic (exact) mass is 1180 g/mol. The molecule has 82 heavy (non-hydrogen) atoms. The second-order valence-electron chi connectivity index (χ2n) is 23.0. The van der Waals surface area contributed by atoms with Gasteiger partial charge in [-0.05, 0) is 51.9 Å². The van der Waals surface area contributed by atoms with Crippen LogP contribution in [0, 0.1) is 11.3 Å². The highest BCUT2D eigenvalue weighted by Crippen LogP contribution is 2.41. The fourth-order valence-electron chi connectivity index (χ4n) is 10.1. The van der Waals surface area contributed by atoms with Crippen LogP contribution in [-0.2, 0) is 76.1 Å². The van der Waals surface area contributed by atoms with Crippen molar-refractivity contribution in [1.82, 2.24) is 21.3 Å². The van der Waals surface area contributed by atoms with Crippen LogP contribution in [0.3, 0.4) is 0 Å². The van der Waals surface area contributed by atoms with Crippen LogP contribution in [0.2, 0.25) is 0 Å². The highest BCUT2D eigenvalue weighted by atomic mass is 16.8. The fourth-order valence-corrected chi connectivity index (χ4v) is 10.1. The molecule has 12 N–H and O–H groups in total. The van der Waals surface area contributed by atoms with E-state index in [0.717, 1.165) is 39.5 Å². The number of rotatable bonds is 30. The molecule has 4 aliphatic heterocycles. The van der Waals surface area contributed by atoms with Crippen molar-refractivity contribution in [3.8, 4) is 0 Å². The summed E-state index contributed by atoms with van der Waals surface area (Å²) in [6.07, 6.45) is -26.8. The van der Waals surface area contributed by atoms with E-state index in [4.69, 9.17) is 47.4 Å². The molecule has 20 unspecified atom stereocenters. The summed E-state index contributed by atoms with van der Waals surface area (Å²) in [4.78, 5) is 76.4. The molecule has 4 aliphatic rings. The smallest absolute Gasteiger partial charge is 0.305 e. The molecule has 0 radical (unpaired) electrons. The molecule has 20 atom stereocenters. The van der Waals surface area contributed by atoms with Crippen LogP contribution >= 0.6 is 0 Å². The van der Waals surface area contributed by atoms with E-state index in [1.54, 1.807) is 41.5 Å². The number of carbonyl (C=O) groups is 6. The van der Waals surface area contributed by atoms with Crippen LogP contribution < -0.4 is 26.4 Å². The number of carboxylic acid groups (broad SMARTS) is 1. The number of carboxylic acids is 1. The van der Waals surface area contributed by atoms with Crippen molar-refractivity contribution >= 4 is 35.6 Å². The number of aliphatic hydroxyl groups excluding tert-OH is 8. The first kappa shape index (κ1) is 70.6. The number of nitrogens with one attached hydrogen (secondary N) is 4. The standard InChI is InChI=1S/C53H92N4O25/c1-10-21-73-22-23-74-31(63)18-15-13-11-12-14-17-30(62)54-19-16-20-55-46(70)41-32(52(4,5)6)37(66)39(68)50(77-41)78-42-33(56-26(2)60)48(75-28(24-58)35(42)64)80-44-38(67)40(69)51(81-45(44)47(71)72)79-43-34(57-27(3)61)49(82-53(7,8)9)76-29(25-59)36(43)65/h28-29,32-45,48-51,58-59,64-69H,10-25H2,1-9H3,(H,54,62)(H,55,70)(H,56,60)(H,57,61)(H,71,72)/p-1. The molecular weight excluding hydrogens is 1090 g/mol. The predicted molar refractivity (Wildman–Crippen MR) is 278 cm³/mol. The van der Waals surface area contributed by atoms with E-state index >= 15 is 0 Å². The second-order valence-corrected chi connectivity index (χ2v) is 23.0. The number of aliphatic hydroxyl groups is 8. The lowest BCUT2D eigenvalue weighted by Gasteiger charge is -2.51. The molecule has 4 fully saturated rings. The van der Waals surface area contributed by atoms with Gasteiger partial charge < -0.3 is 119 Å². The summed E-state index contributed by atoms with van der Waals surface area (Å²) >= 11 is 0. The van der Waals surface area contributed by atoms with Crippen molar-refractivity contribution in [2.24, 2.45) is 11.3 Å². The van der Waals surface area contributed by atoms with Crippen LogP contribution in [0.5, 0.6) is 0 Å². The van der Waals surface area contributed by atoms with Gasteiger partial charge in [-0.25, -0.2) is 0 Å².